The summed E-state index contributed by atoms with van der Waals surface area (Å²) in [7, 11) is 0. The summed E-state index contributed by atoms with van der Waals surface area (Å²) in [6.45, 7) is 7.57. The molecule has 0 radical (unpaired) electrons. The van der Waals surface area contributed by atoms with E-state index in [1.54, 1.807) is 13.0 Å². The molecule has 0 amide bonds. The standard InChI is InChI=1S/C35H36O12/c1-4-6-7-21-42-34(39)45-27-14-10-25(11-15-27)32(37)44-29-18-19-30(24(3)23-29)47-33(38)26-12-16-28(17-13-26)46-35(40)43-22-9-8-20-41-31(36)5-2/h5,10-19,23H,2,4,6-9,20-22H2,1,3H3. The highest BCUT2D eigenvalue weighted by Crippen LogP contribution is 2.26. The molecule has 0 aromatic heterocycles. The van der Waals surface area contributed by atoms with Crippen molar-refractivity contribution >= 4 is 30.2 Å². The third-order valence-electron chi connectivity index (χ3n) is 6.28. The smallest absolute Gasteiger partial charge is 0.463 e. The van der Waals surface area contributed by atoms with Crippen LogP contribution < -0.4 is 18.9 Å². The molecule has 12 nitrogen and oxygen atoms in total. The highest BCUT2D eigenvalue weighted by Gasteiger charge is 2.15. The Morgan fingerprint density at radius 1 is 0.596 bits per heavy atom. The molecule has 0 saturated heterocycles. The molecule has 3 aromatic rings. The molecule has 0 saturated carbocycles. The van der Waals surface area contributed by atoms with Gasteiger partial charge in [0, 0.05) is 6.08 Å². The molecule has 0 aliphatic rings. The molecule has 3 aromatic carbocycles. The van der Waals surface area contributed by atoms with E-state index in [4.69, 9.17) is 33.2 Å². The third kappa shape index (κ3) is 12.7. The number of benzene rings is 3. The number of aryl methyl sites for hydroxylation is 1. The van der Waals surface area contributed by atoms with Crippen molar-refractivity contribution in [1.82, 2.24) is 0 Å². The van der Waals surface area contributed by atoms with Gasteiger partial charge in [0.1, 0.15) is 23.0 Å². The number of rotatable bonds is 16. The number of esters is 3. The summed E-state index contributed by atoms with van der Waals surface area (Å²) in [5.74, 6) is -0.944. The molecule has 0 bridgehead atoms. The molecular weight excluding hydrogens is 612 g/mol. The van der Waals surface area contributed by atoms with Crippen molar-refractivity contribution in [1.29, 1.82) is 0 Å². The maximum Gasteiger partial charge on any atom is 0.513 e. The second-order valence-corrected chi connectivity index (χ2v) is 9.94. The lowest BCUT2D eigenvalue weighted by atomic mass is 10.2. The first kappa shape index (κ1) is 35.8. The van der Waals surface area contributed by atoms with Gasteiger partial charge in [0.15, 0.2) is 0 Å². The second-order valence-electron chi connectivity index (χ2n) is 9.94. The Morgan fingerprint density at radius 3 is 1.55 bits per heavy atom. The van der Waals surface area contributed by atoms with Gasteiger partial charge in [-0.3, -0.25) is 0 Å². The first-order valence-corrected chi connectivity index (χ1v) is 14.9. The average Bonchev–Trinajstić information content (AvgIpc) is 3.06. The van der Waals surface area contributed by atoms with E-state index in [1.807, 2.05) is 6.92 Å². The summed E-state index contributed by atoms with van der Waals surface area (Å²) in [4.78, 5) is 59.9. The molecule has 0 unspecified atom stereocenters. The van der Waals surface area contributed by atoms with E-state index < -0.39 is 30.2 Å². The summed E-state index contributed by atoms with van der Waals surface area (Å²) < 4.78 is 35.9. The fourth-order valence-electron chi connectivity index (χ4n) is 3.79. The van der Waals surface area contributed by atoms with Gasteiger partial charge in [0.2, 0.25) is 0 Å². The summed E-state index contributed by atoms with van der Waals surface area (Å²) >= 11 is 0. The third-order valence-corrected chi connectivity index (χ3v) is 6.28. The fourth-order valence-corrected chi connectivity index (χ4v) is 3.79. The minimum absolute atomic E-state index is 0.0769. The van der Waals surface area contributed by atoms with Gasteiger partial charge in [0.05, 0.1) is 30.9 Å². The van der Waals surface area contributed by atoms with E-state index in [9.17, 15) is 24.0 Å². The summed E-state index contributed by atoms with van der Waals surface area (Å²) in [5.41, 5.74) is 0.963. The molecule has 47 heavy (non-hydrogen) atoms. The van der Waals surface area contributed by atoms with Crippen molar-refractivity contribution in [3.05, 3.63) is 96.1 Å². The van der Waals surface area contributed by atoms with E-state index >= 15 is 0 Å². The summed E-state index contributed by atoms with van der Waals surface area (Å²) in [5, 5.41) is 0. The van der Waals surface area contributed by atoms with Crippen LogP contribution >= 0.6 is 0 Å². The second kappa shape index (κ2) is 19.0. The van der Waals surface area contributed by atoms with Gasteiger partial charge in [-0.05, 0) is 98.5 Å². The van der Waals surface area contributed by atoms with E-state index in [-0.39, 0.29) is 53.9 Å². The SMILES string of the molecule is C=CC(=O)OCCCCOC(=O)Oc1ccc(C(=O)Oc2ccc(OC(=O)c3ccc(OC(=O)OCCCCC)cc3)cc2C)cc1. The fraction of sp³-hybridized carbons (Fsp3) is 0.286. The highest BCUT2D eigenvalue weighted by molar-refractivity contribution is 5.92. The monoisotopic (exact) mass is 648 g/mol. The topological polar surface area (TPSA) is 150 Å². The van der Waals surface area contributed by atoms with Crippen LogP contribution in [0.4, 0.5) is 9.59 Å². The molecule has 0 aliphatic carbocycles. The number of hydrogen-bond acceptors (Lipinski definition) is 12. The maximum absolute atomic E-state index is 12.7. The lowest BCUT2D eigenvalue weighted by Gasteiger charge is -2.11. The normalized spacial score (nSPS) is 10.3. The van der Waals surface area contributed by atoms with Crippen LogP contribution in [0.5, 0.6) is 23.0 Å². The predicted molar refractivity (Wildman–Crippen MR) is 168 cm³/mol. The number of hydrogen-bond donors (Lipinski definition) is 0. The average molecular weight is 649 g/mol. The van der Waals surface area contributed by atoms with Crippen LogP contribution in [-0.2, 0) is 19.0 Å². The van der Waals surface area contributed by atoms with E-state index in [0.29, 0.717) is 18.4 Å². The zero-order valence-corrected chi connectivity index (χ0v) is 26.2. The number of carbonyl (C=O) groups excluding carboxylic acids is 5. The maximum atomic E-state index is 12.7. The molecule has 0 aliphatic heterocycles. The Balaban J connectivity index is 1.44. The van der Waals surface area contributed by atoms with Crippen molar-refractivity contribution in [3.8, 4) is 23.0 Å². The summed E-state index contributed by atoms with van der Waals surface area (Å²) in [6.07, 6.45) is 3.03. The quantitative estimate of drug-likeness (QED) is 0.0387. The minimum atomic E-state index is -0.916. The Bertz CT molecular complexity index is 1530. The Morgan fingerprint density at radius 2 is 1.06 bits per heavy atom. The van der Waals surface area contributed by atoms with Gasteiger partial charge in [-0.2, -0.15) is 0 Å². The predicted octanol–water partition coefficient (Wildman–Crippen LogP) is 7.16. The first-order valence-electron chi connectivity index (χ1n) is 14.9. The Labute approximate surface area is 272 Å². The van der Waals surface area contributed by atoms with Gasteiger partial charge in [-0.25, -0.2) is 24.0 Å². The molecule has 0 spiro atoms. The largest absolute Gasteiger partial charge is 0.513 e. The minimum Gasteiger partial charge on any atom is -0.463 e. The van der Waals surface area contributed by atoms with Crippen LogP contribution in [0.15, 0.2) is 79.4 Å². The van der Waals surface area contributed by atoms with E-state index in [2.05, 4.69) is 6.58 Å². The van der Waals surface area contributed by atoms with Gasteiger partial charge in [0.25, 0.3) is 0 Å². The van der Waals surface area contributed by atoms with Crippen LogP contribution in [0.3, 0.4) is 0 Å². The van der Waals surface area contributed by atoms with Crippen molar-refractivity contribution in [2.75, 3.05) is 19.8 Å². The van der Waals surface area contributed by atoms with Gasteiger partial charge in [-0.1, -0.05) is 26.3 Å². The van der Waals surface area contributed by atoms with Crippen LogP contribution in [0.25, 0.3) is 0 Å². The van der Waals surface area contributed by atoms with E-state index in [0.717, 1.165) is 25.3 Å². The molecule has 0 fully saturated rings. The van der Waals surface area contributed by atoms with Gasteiger partial charge >= 0.3 is 30.2 Å². The molecule has 12 heteroatoms. The molecule has 0 N–H and O–H groups in total. The van der Waals surface area contributed by atoms with Crippen molar-refractivity contribution in [2.45, 2.75) is 46.0 Å². The molecule has 248 valence electrons. The number of unbranched alkanes of at least 4 members (excludes halogenated alkanes) is 3. The zero-order chi connectivity index (χ0) is 34.0. The molecule has 3 rings (SSSR count). The van der Waals surface area contributed by atoms with E-state index in [1.165, 1.54) is 60.7 Å². The van der Waals surface area contributed by atoms with Gasteiger partial charge in [-0.15, -0.1) is 0 Å². The van der Waals surface area contributed by atoms with Gasteiger partial charge < -0.3 is 33.2 Å². The Kier molecular flexibility index (Phi) is 14.5. The number of carbonyl (C=O) groups is 5. The van der Waals surface area contributed by atoms with Crippen LogP contribution in [-0.4, -0.2) is 50.0 Å². The summed E-state index contributed by atoms with van der Waals surface area (Å²) in [6, 6.07) is 16.0. The van der Waals surface area contributed by atoms with Crippen LogP contribution in [0.2, 0.25) is 0 Å². The van der Waals surface area contributed by atoms with Crippen LogP contribution in [0.1, 0.15) is 65.3 Å². The number of ether oxygens (including phenoxy) is 7. The first-order chi connectivity index (χ1) is 22.7. The lowest BCUT2D eigenvalue weighted by Crippen LogP contribution is -2.13. The molecule has 0 atom stereocenters. The van der Waals surface area contributed by atoms with Crippen LogP contribution in [0, 0.1) is 6.92 Å². The highest BCUT2D eigenvalue weighted by atomic mass is 16.7. The zero-order valence-electron chi connectivity index (χ0n) is 26.2. The van der Waals surface area contributed by atoms with Crippen molar-refractivity contribution in [3.63, 3.8) is 0 Å². The van der Waals surface area contributed by atoms with Crippen molar-refractivity contribution in [2.24, 2.45) is 0 Å². The molecule has 0 heterocycles. The lowest BCUT2D eigenvalue weighted by molar-refractivity contribution is -0.137. The Hall–Kier alpha value is -5.65. The molecular formula is C35H36O12. The van der Waals surface area contributed by atoms with Crippen molar-refractivity contribution < 1.29 is 57.1 Å².